The Kier molecular flexibility index (Phi) is 4.31. The molecule has 3 heterocycles. The molecule has 1 aromatic heterocycles. The minimum absolute atomic E-state index is 0.0149. The minimum atomic E-state index is -0.364. The first-order valence-corrected chi connectivity index (χ1v) is 9.78. The molecule has 144 valence electrons. The number of fused-ring (bicyclic) bond motifs is 3. The van der Waals surface area contributed by atoms with Crippen LogP contribution in [0.5, 0.6) is 0 Å². The summed E-state index contributed by atoms with van der Waals surface area (Å²) in [5.74, 6) is 0.886. The Hall–Kier alpha value is -1.42. The maximum atomic E-state index is 13.6. The molecule has 4 atom stereocenters. The summed E-state index contributed by atoms with van der Waals surface area (Å²) in [7, 11) is 0. The van der Waals surface area contributed by atoms with Crippen molar-refractivity contribution >= 4 is 11.5 Å². The smallest absolute Gasteiger partial charge is 0.155 e. The van der Waals surface area contributed by atoms with Crippen LogP contribution in [0.25, 0.3) is 0 Å². The highest BCUT2D eigenvalue weighted by molar-refractivity contribution is 5.90. The highest BCUT2D eigenvalue weighted by Gasteiger charge is 2.61. The molecule has 1 aromatic rings. The van der Waals surface area contributed by atoms with E-state index in [4.69, 9.17) is 0 Å². The van der Waals surface area contributed by atoms with Gasteiger partial charge >= 0.3 is 0 Å². The molecule has 4 heteroatoms. The van der Waals surface area contributed by atoms with E-state index in [1.54, 1.807) is 0 Å². The number of hydrogen-bond acceptors (Lipinski definition) is 4. The molecule has 0 aliphatic carbocycles. The van der Waals surface area contributed by atoms with Crippen LogP contribution in [0.2, 0.25) is 0 Å². The first-order chi connectivity index (χ1) is 11.7. The van der Waals surface area contributed by atoms with Gasteiger partial charge in [0, 0.05) is 23.1 Å². The Morgan fingerprint density at radius 2 is 1.69 bits per heavy atom. The summed E-state index contributed by atoms with van der Waals surface area (Å²) >= 11 is 0. The average Bonchev–Trinajstić information content (AvgIpc) is 2.97. The fourth-order valence-corrected chi connectivity index (χ4v) is 4.99. The maximum absolute atomic E-state index is 13.6. The van der Waals surface area contributed by atoms with Gasteiger partial charge in [0.1, 0.15) is 0 Å². The van der Waals surface area contributed by atoms with E-state index in [1.165, 1.54) is 5.56 Å². The van der Waals surface area contributed by atoms with Crippen LogP contribution >= 0.6 is 0 Å². The average molecular weight is 358 g/mol. The van der Waals surface area contributed by atoms with E-state index in [1.807, 2.05) is 12.4 Å². The third-order valence-corrected chi connectivity index (χ3v) is 5.97. The van der Waals surface area contributed by atoms with Gasteiger partial charge < -0.3 is 5.32 Å². The van der Waals surface area contributed by atoms with E-state index >= 15 is 0 Å². The van der Waals surface area contributed by atoms with Crippen molar-refractivity contribution in [3.05, 3.63) is 24.0 Å². The van der Waals surface area contributed by atoms with Crippen molar-refractivity contribution in [2.24, 2.45) is 16.7 Å². The second-order valence-corrected chi connectivity index (χ2v) is 11.1. The molecule has 2 aliphatic heterocycles. The number of anilines is 1. The normalized spacial score (nSPS) is 29.3. The lowest BCUT2D eigenvalue weighted by atomic mass is 9.66. The molecule has 1 fully saturated rings. The Morgan fingerprint density at radius 3 is 2.19 bits per heavy atom. The molecule has 1 N–H and O–H groups in total. The van der Waals surface area contributed by atoms with E-state index in [0.29, 0.717) is 11.7 Å². The highest BCUT2D eigenvalue weighted by atomic mass is 16.1. The zero-order valence-corrected chi connectivity index (χ0v) is 17.8. The molecule has 2 aliphatic rings. The van der Waals surface area contributed by atoms with Gasteiger partial charge in [-0.05, 0) is 43.7 Å². The number of rotatable bonds is 1. The number of carbonyl (C=O) groups excluding carboxylic acids is 1. The quantitative estimate of drug-likeness (QED) is 0.793. The minimum Gasteiger partial charge on any atom is -0.368 e. The van der Waals surface area contributed by atoms with Crippen molar-refractivity contribution in [3.63, 3.8) is 0 Å². The van der Waals surface area contributed by atoms with Crippen molar-refractivity contribution in [1.29, 1.82) is 0 Å². The van der Waals surface area contributed by atoms with Gasteiger partial charge in [0.15, 0.2) is 5.78 Å². The summed E-state index contributed by atoms with van der Waals surface area (Å²) in [4.78, 5) is 20.4. The summed E-state index contributed by atoms with van der Waals surface area (Å²) < 4.78 is 0. The highest BCUT2D eigenvalue weighted by Crippen LogP contribution is 2.57. The molecule has 26 heavy (non-hydrogen) atoms. The first kappa shape index (κ1) is 19.3. The van der Waals surface area contributed by atoms with Crippen molar-refractivity contribution in [2.75, 3.05) is 5.32 Å². The van der Waals surface area contributed by atoms with E-state index in [9.17, 15) is 4.79 Å². The van der Waals surface area contributed by atoms with Crippen molar-refractivity contribution < 1.29 is 4.79 Å². The van der Waals surface area contributed by atoms with Crippen LogP contribution in [0, 0.1) is 16.7 Å². The third-order valence-electron chi connectivity index (χ3n) is 5.97. The number of nitrogens with zero attached hydrogens (tertiary/aromatic N) is 2. The van der Waals surface area contributed by atoms with Crippen molar-refractivity contribution in [3.8, 4) is 0 Å². The van der Waals surface area contributed by atoms with Crippen LogP contribution in [0.15, 0.2) is 18.5 Å². The summed E-state index contributed by atoms with van der Waals surface area (Å²) in [6, 6.07) is 2.04. The molecule has 0 aromatic carbocycles. The number of ketones is 1. The molecule has 4 unspecified atom stereocenters. The SMILES string of the molecule is CC(C)(C)C(=O)C1C(C(C)(C)C)C2c3ccncc3NC2N1C(C)(C)C. The van der Waals surface area contributed by atoms with Gasteiger partial charge in [-0.15, -0.1) is 0 Å². The van der Waals surface area contributed by atoms with Gasteiger partial charge in [-0.3, -0.25) is 14.7 Å². The van der Waals surface area contributed by atoms with Crippen molar-refractivity contribution in [1.82, 2.24) is 9.88 Å². The van der Waals surface area contributed by atoms with Gasteiger partial charge in [-0.1, -0.05) is 41.5 Å². The molecule has 0 saturated carbocycles. The van der Waals surface area contributed by atoms with E-state index in [0.717, 1.165) is 5.69 Å². The Labute approximate surface area is 158 Å². The Bertz CT molecular complexity index is 705. The Morgan fingerprint density at radius 1 is 1.08 bits per heavy atom. The van der Waals surface area contributed by atoms with Gasteiger partial charge in [-0.2, -0.15) is 0 Å². The molecule has 0 spiro atoms. The zero-order valence-electron chi connectivity index (χ0n) is 17.8. The fourth-order valence-electron chi connectivity index (χ4n) is 4.99. The van der Waals surface area contributed by atoms with E-state index in [2.05, 4.69) is 83.6 Å². The molecule has 0 radical (unpaired) electrons. The number of aromatic nitrogens is 1. The molecule has 1 saturated heterocycles. The zero-order chi connectivity index (χ0) is 19.7. The summed E-state index contributed by atoms with van der Waals surface area (Å²) in [5, 5.41) is 3.70. The number of Topliss-reactive ketones (excluding diaryl/α,β-unsaturated/α-hetero) is 1. The number of carbonyl (C=O) groups is 1. The second-order valence-electron chi connectivity index (χ2n) is 11.1. The number of nitrogens with one attached hydrogen (secondary N) is 1. The maximum Gasteiger partial charge on any atom is 0.155 e. The molecular weight excluding hydrogens is 322 g/mol. The van der Waals surface area contributed by atoms with Crippen LogP contribution in [-0.4, -0.2) is 33.4 Å². The third kappa shape index (κ3) is 2.96. The molecule has 0 bridgehead atoms. The summed E-state index contributed by atoms with van der Waals surface area (Å²) in [5.41, 5.74) is 1.96. The van der Waals surface area contributed by atoms with Gasteiger partial charge in [0.25, 0.3) is 0 Å². The van der Waals surface area contributed by atoms with Crippen LogP contribution in [0.1, 0.15) is 73.8 Å². The number of hydrogen-bond donors (Lipinski definition) is 1. The van der Waals surface area contributed by atoms with Crippen LogP contribution in [-0.2, 0) is 4.79 Å². The van der Waals surface area contributed by atoms with E-state index < -0.39 is 0 Å². The predicted molar refractivity (Wildman–Crippen MR) is 107 cm³/mol. The standard InChI is InChI=1S/C22H35N3O/c1-20(2,3)16-15-13-10-11-23-12-14(13)24-19(15)25(22(7,8)9)17(16)18(26)21(4,5)6/h10-12,15-17,19,24H,1-9H3. The van der Waals surface area contributed by atoms with Crippen LogP contribution in [0.4, 0.5) is 5.69 Å². The Balaban J connectivity index is 2.21. The molecular formula is C22H35N3O. The number of pyridine rings is 1. The van der Waals surface area contributed by atoms with Gasteiger partial charge in [0.2, 0.25) is 0 Å². The van der Waals surface area contributed by atoms with Gasteiger partial charge in [-0.25, -0.2) is 0 Å². The number of likely N-dealkylation sites (tertiary alicyclic amines) is 1. The predicted octanol–water partition coefficient (Wildman–Crippen LogP) is 4.68. The van der Waals surface area contributed by atoms with Crippen LogP contribution in [0.3, 0.4) is 0 Å². The molecule has 0 amide bonds. The van der Waals surface area contributed by atoms with Crippen molar-refractivity contribution in [2.45, 2.75) is 86.0 Å². The van der Waals surface area contributed by atoms with Gasteiger partial charge in [0.05, 0.1) is 24.1 Å². The lowest BCUT2D eigenvalue weighted by Crippen LogP contribution is -2.57. The first-order valence-electron chi connectivity index (χ1n) is 9.78. The lowest BCUT2D eigenvalue weighted by Gasteiger charge is -2.44. The van der Waals surface area contributed by atoms with E-state index in [-0.39, 0.29) is 34.5 Å². The lowest BCUT2D eigenvalue weighted by molar-refractivity contribution is -0.136. The topological polar surface area (TPSA) is 45.2 Å². The monoisotopic (exact) mass is 357 g/mol. The van der Waals surface area contributed by atoms with Crippen LogP contribution < -0.4 is 5.32 Å². The largest absolute Gasteiger partial charge is 0.368 e. The fraction of sp³-hybridized carbons (Fsp3) is 0.727. The second kappa shape index (κ2) is 5.79. The molecule has 3 rings (SSSR count). The summed E-state index contributed by atoms with van der Waals surface area (Å²) in [6.45, 7) is 19.7. The summed E-state index contributed by atoms with van der Waals surface area (Å²) in [6.07, 6.45) is 3.94. The molecule has 4 nitrogen and oxygen atoms in total.